The maximum Gasteiger partial charge on any atom is 0.234 e. The highest BCUT2D eigenvalue weighted by Crippen LogP contribution is 2.48. The fourth-order valence-corrected chi connectivity index (χ4v) is 2.46. The molecule has 0 heterocycles. The van der Waals surface area contributed by atoms with E-state index in [9.17, 15) is 0 Å². The Hall–Kier alpha value is 0.240. The van der Waals surface area contributed by atoms with Crippen LogP contribution in [0.2, 0.25) is 10.0 Å². The molecule has 1 atom stereocenters. The molecule has 0 fully saturated rings. The summed E-state index contributed by atoms with van der Waals surface area (Å²) in [5, 5.41) is 1.01. The molecule has 1 unspecified atom stereocenters. The third-order valence-electron chi connectivity index (χ3n) is 1.89. The fraction of sp³-hybridized carbons (Fsp3) is 0.200. The van der Waals surface area contributed by atoms with Crippen molar-refractivity contribution in [3.63, 3.8) is 0 Å². The predicted molar refractivity (Wildman–Crippen MR) is 78.6 cm³/mol. The molecule has 0 amide bonds. The number of halogens is 3. The third-order valence-corrected chi connectivity index (χ3v) is 4.51. The van der Waals surface area contributed by atoms with Gasteiger partial charge in [0.2, 0.25) is 6.49 Å². The van der Waals surface area contributed by atoms with Crippen molar-refractivity contribution >= 4 is 58.9 Å². The molecule has 0 bridgehead atoms. The van der Waals surface area contributed by atoms with Crippen LogP contribution in [0.1, 0.15) is 5.56 Å². The summed E-state index contributed by atoms with van der Waals surface area (Å²) in [7, 11) is 1.49. The summed E-state index contributed by atoms with van der Waals surface area (Å²) in [5.41, 5.74) is 1.85. The summed E-state index contributed by atoms with van der Waals surface area (Å²) < 4.78 is 10.6. The first-order valence-corrected chi connectivity index (χ1v) is 8.76. The van der Waals surface area contributed by atoms with Crippen molar-refractivity contribution in [3.05, 3.63) is 39.3 Å². The van der Waals surface area contributed by atoms with E-state index in [1.165, 1.54) is 12.6 Å². The highest BCUT2D eigenvalue weighted by Gasteiger charge is 2.16. The molecule has 1 aromatic carbocycles. The SMILES string of the molecule is COP(C)(=S)O/C(=C/Cl)c1cc(Cl)ccc1Cl. The number of rotatable bonds is 4. The van der Waals surface area contributed by atoms with E-state index < -0.39 is 6.49 Å². The summed E-state index contributed by atoms with van der Waals surface area (Å²) in [6.45, 7) is -0.672. The van der Waals surface area contributed by atoms with E-state index in [0.717, 1.165) is 0 Å². The second kappa shape index (κ2) is 6.42. The van der Waals surface area contributed by atoms with E-state index in [-0.39, 0.29) is 0 Å². The minimum absolute atomic E-state index is 0.354. The zero-order chi connectivity index (χ0) is 13.1. The van der Waals surface area contributed by atoms with Crippen molar-refractivity contribution in [2.75, 3.05) is 13.8 Å². The summed E-state index contributed by atoms with van der Waals surface area (Å²) >= 11 is 22.8. The van der Waals surface area contributed by atoms with Gasteiger partial charge in [-0.15, -0.1) is 0 Å². The third kappa shape index (κ3) is 4.44. The molecule has 0 radical (unpaired) electrons. The van der Waals surface area contributed by atoms with Gasteiger partial charge in [0.25, 0.3) is 0 Å². The van der Waals surface area contributed by atoms with Gasteiger partial charge in [-0.25, -0.2) is 0 Å². The largest absolute Gasteiger partial charge is 0.442 e. The van der Waals surface area contributed by atoms with Crippen LogP contribution in [-0.4, -0.2) is 13.8 Å². The molecule has 1 rings (SSSR count). The summed E-state index contributed by atoms with van der Waals surface area (Å²) in [4.78, 5) is 0. The quantitative estimate of drug-likeness (QED) is 0.562. The molecule has 0 aliphatic heterocycles. The lowest BCUT2D eigenvalue weighted by Gasteiger charge is -2.19. The van der Waals surface area contributed by atoms with Gasteiger partial charge in [-0.05, 0) is 30.0 Å². The Labute approximate surface area is 121 Å². The molecule has 94 valence electrons. The zero-order valence-corrected chi connectivity index (χ0v) is 13.1. The zero-order valence-electron chi connectivity index (χ0n) is 9.12. The van der Waals surface area contributed by atoms with Crippen LogP contribution in [0.25, 0.3) is 5.76 Å². The molecule has 0 aliphatic carbocycles. The van der Waals surface area contributed by atoms with Crippen molar-refractivity contribution in [1.82, 2.24) is 0 Å². The van der Waals surface area contributed by atoms with Crippen molar-refractivity contribution < 1.29 is 9.05 Å². The van der Waals surface area contributed by atoms with E-state index in [1.807, 2.05) is 0 Å². The molecule has 17 heavy (non-hydrogen) atoms. The lowest BCUT2D eigenvalue weighted by atomic mass is 10.2. The first kappa shape index (κ1) is 15.3. The Morgan fingerprint density at radius 3 is 2.59 bits per heavy atom. The monoisotopic (exact) mass is 330 g/mol. The van der Waals surface area contributed by atoms with Gasteiger partial charge in [-0.2, -0.15) is 0 Å². The highest BCUT2D eigenvalue weighted by molar-refractivity contribution is 8.09. The van der Waals surface area contributed by atoms with Crippen LogP contribution in [0.15, 0.2) is 23.7 Å². The Bertz CT molecular complexity index is 490. The van der Waals surface area contributed by atoms with E-state index >= 15 is 0 Å². The minimum atomic E-state index is -2.37. The number of hydrogen-bond donors (Lipinski definition) is 0. The lowest BCUT2D eigenvalue weighted by molar-refractivity contribution is 0.384. The summed E-state index contributed by atoms with van der Waals surface area (Å²) in [6, 6.07) is 5.00. The van der Waals surface area contributed by atoms with E-state index in [1.54, 1.807) is 24.9 Å². The second-order valence-corrected chi connectivity index (χ2v) is 8.28. The smallest absolute Gasteiger partial charge is 0.234 e. The van der Waals surface area contributed by atoms with Crippen LogP contribution >= 0.6 is 41.3 Å². The van der Waals surface area contributed by atoms with E-state index in [2.05, 4.69) is 0 Å². The molecule has 0 aliphatic rings. The molecule has 2 nitrogen and oxygen atoms in total. The number of benzene rings is 1. The van der Waals surface area contributed by atoms with Crippen LogP contribution in [-0.2, 0) is 20.9 Å². The average molecular weight is 332 g/mol. The first-order chi connectivity index (χ1) is 7.89. The molecule has 0 saturated heterocycles. The van der Waals surface area contributed by atoms with Crippen molar-refractivity contribution in [3.8, 4) is 0 Å². The highest BCUT2D eigenvalue weighted by atomic mass is 35.5. The lowest BCUT2D eigenvalue weighted by Crippen LogP contribution is -1.92. The topological polar surface area (TPSA) is 18.5 Å². The van der Waals surface area contributed by atoms with Gasteiger partial charge in [0.1, 0.15) is 5.76 Å². The van der Waals surface area contributed by atoms with Crippen LogP contribution in [0.5, 0.6) is 0 Å². The van der Waals surface area contributed by atoms with Gasteiger partial charge < -0.3 is 9.05 Å². The minimum Gasteiger partial charge on any atom is -0.442 e. The molecule has 0 aromatic heterocycles. The van der Waals surface area contributed by atoms with Crippen molar-refractivity contribution in [2.24, 2.45) is 0 Å². The molecular formula is C10H10Cl3O2PS. The first-order valence-electron chi connectivity index (χ1n) is 4.48. The van der Waals surface area contributed by atoms with Crippen LogP contribution in [0.4, 0.5) is 0 Å². The maximum atomic E-state index is 6.04. The van der Waals surface area contributed by atoms with Gasteiger partial charge in [0, 0.05) is 29.9 Å². The predicted octanol–water partition coefficient (Wildman–Crippen LogP) is 5.13. The molecule has 0 spiro atoms. The standard InChI is InChI=1S/C10H10Cl3O2PS/c1-14-16(2,17)15-10(6-11)8-5-7(12)3-4-9(8)13/h3-6H,1-2H3/b10-6+. The van der Waals surface area contributed by atoms with Crippen LogP contribution in [0, 0.1) is 0 Å². The molecule has 7 heteroatoms. The van der Waals surface area contributed by atoms with Crippen molar-refractivity contribution in [2.45, 2.75) is 0 Å². The molecule has 0 N–H and O–H groups in total. The Morgan fingerprint density at radius 2 is 2.06 bits per heavy atom. The van der Waals surface area contributed by atoms with Crippen LogP contribution < -0.4 is 0 Å². The summed E-state index contributed by atoms with van der Waals surface area (Å²) in [5.74, 6) is 0.354. The Morgan fingerprint density at radius 1 is 1.41 bits per heavy atom. The normalized spacial score (nSPS) is 15.5. The second-order valence-electron chi connectivity index (χ2n) is 3.14. The molecular weight excluding hydrogens is 322 g/mol. The molecule has 0 saturated carbocycles. The van der Waals surface area contributed by atoms with Gasteiger partial charge in [-0.3, -0.25) is 0 Å². The average Bonchev–Trinajstić information content (AvgIpc) is 2.29. The summed E-state index contributed by atoms with van der Waals surface area (Å²) in [6.07, 6.45) is 0. The van der Waals surface area contributed by atoms with E-state index in [4.69, 9.17) is 55.7 Å². The maximum absolute atomic E-state index is 6.04. The van der Waals surface area contributed by atoms with E-state index in [0.29, 0.717) is 21.4 Å². The van der Waals surface area contributed by atoms with Crippen LogP contribution in [0.3, 0.4) is 0 Å². The van der Waals surface area contributed by atoms with Gasteiger partial charge in [0.05, 0.1) is 5.02 Å². The van der Waals surface area contributed by atoms with Gasteiger partial charge in [0.15, 0.2) is 0 Å². The fourth-order valence-electron chi connectivity index (χ4n) is 1.03. The molecule has 1 aromatic rings. The Balaban J connectivity index is 3.12. The Kier molecular flexibility index (Phi) is 5.78. The van der Waals surface area contributed by atoms with Gasteiger partial charge >= 0.3 is 0 Å². The van der Waals surface area contributed by atoms with Crippen molar-refractivity contribution in [1.29, 1.82) is 0 Å². The number of hydrogen-bond acceptors (Lipinski definition) is 3. The van der Waals surface area contributed by atoms with Gasteiger partial charge in [-0.1, -0.05) is 34.8 Å².